The SMILES string of the molecule is N#CC(O)(Cl)CCl. The van der Waals surface area contributed by atoms with Gasteiger partial charge in [-0.1, -0.05) is 11.6 Å². The molecular weight excluding hydrogens is 137 g/mol. The van der Waals surface area contributed by atoms with Gasteiger partial charge >= 0.3 is 0 Å². The van der Waals surface area contributed by atoms with E-state index >= 15 is 0 Å². The predicted octanol–water partition coefficient (Wildman–Crippen LogP) is 0.676. The van der Waals surface area contributed by atoms with Crippen LogP contribution in [0, 0.1) is 11.3 Å². The summed E-state index contributed by atoms with van der Waals surface area (Å²) in [6.07, 6.45) is 0. The van der Waals surface area contributed by atoms with Crippen molar-refractivity contribution in [2.24, 2.45) is 0 Å². The van der Waals surface area contributed by atoms with Crippen LogP contribution in [0.4, 0.5) is 0 Å². The molecule has 0 spiro atoms. The van der Waals surface area contributed by atoms with E-state index in [0.29, 0.717) is 0 Å². The summed E-state index contributed by atoms with van der Waals surface area (Å²) in [6.45, 7) is 0. The van der Waals surface area contributed by atoms with Crippen LogP contribution in [0.2, 0.25) is 0 Å². The summed E-state index contributed by atoms with van der Waals surface area (Å²) in [5, 5.41) is 14.4. The first-order valence-electron chi connectivity index (χ1n) is 1.51. The van der Waals surface area contributed by atoms with Crippen molar-refractivity contribution in [2.75, 3.05) is 5.88 Å². The van der Waals surface area contributed by atoms with Crippen molar-refractivity contribution < 1.29 is 5.11 Å². The van der Waals surface area contributed by atoms with Crippen molar-refractivity contribution in [3.05, 3.63) is 0 Å². The quantitative estimate of drug-likeness (QED) is 0.429. The second kappa shape index (κ2) is 2.37. The molecule has 1 unspecified atom stereocenters. The first-order valence-corrected chi connectivity index (χ1v) is 2.42. The van der Waals surface area contributed by atoms with Crippen LogP contribution in [0.1, 0.15) is 0 Å². The van der Waals surface area contributed by atoms with E-state index in [4.69, 9.17) is 33.6 Å². The highest BCUT2D eigenvalue weighted by atomic mass is 35.5. The minimum absolute atomic E-state index is 0.273. The van der Waals surface area contributed by atoms with Crippen LogP contribution in [-0.2, 0) is 0 Å². The lowest BCUT2D eigenvalue weighted by Crippen LogP contribution is -2.18. The molecule has 0 aliphatic carbocycles. The van der Waals surface area contributed by atoms with Gasteiger partial charge in [0.25, 0.3) is 0 Å². The zero-order chi connectivity index (χ0) is 5.91. The van der Waals surface area contributed by atoms with E-state index in [9.17, 15) is 0 Å². The first kappa shape index (κ1) is 7.03. The molecule has 0 aromatic heterocycles. The summed E-state index contributed by atoms with van der Waals surface area (Å²) in [5.41, 5.74) is 0. The molecule has 0 amide bonds. The summed E-state index contributed by atoms with van der Waals surface area (Å²) in [6, 6.07) is 1.38. The maximum absolute atomic E-state index is 8.40. The number of halogens is 2. The molecule has 2 nitrogen and oxygen atoms in total. The molecule has 7 heavy (non-hydrogen) atoms. The van der Waals surface area contributed by atoms with Gasteiger partial charge in [0, 0.05) is 0 Å². The Balaban J connectivity index is 3.66. The van der Waals surface area contributed by atoms with Gasteiger partial charge in [-0.25, -0.2) is 0 Å². The molecule has 0 rings (SSSR count). The molecule has 0 fully saturated rings. The second-order valence-corrected chi connectivity index (χ2v) is 1.90. The van der Waals surface area contributed by atoms with E-state index in [1.165, 1.54) is 6.07 Å². The lowest BCUT2D eigenvalue weighted by molar-refractivity contribution is 0.211. The van der Waals surface area contributed by atoms with Crippen molar-refractivity contribution in [3.63, 3.8) is 0 Å². The minimum atomic E-state index is -1.87. The molecule has 0 aliphatic rings. The van der Waals surface area contributed by atoms with E-state index in [-0.39, 0.29) is 5.88 Å². The van der Waals surface area contributed by atoms with Crippen molar-refractivity contribution in [3.8, 4) is 6.07 Å². The minimum Gasteiger partial charge on any atom is -0.362 e. The highest BCUT2D eigenvalue weighted by molar-refractivity contribution is 6.31. The predicted molar refractivity (Wildman–Crippen MR) is 27.1 cm³/mol. The average Bonchev–Trinajstić information content (AvgIpc) is 1.68. The van der Waals surface area contributed by atoms with Crippen LogP contribution in [-0.4, -0.2) is 16.0 Å². The fourth-order valence-corrected chi connectivity index (χ4v) is 0.0896. The molecular formula is C3H3Cl2NO. The van der Waals surface area contributed by atoms with Crippen molar-refractivity contribution in [2.45, 2.75) is 5.06 Å². The average molecular weight is 140 g/mol. The Labute approximate surface area is 51.3 Å². The van der Waals surface area contributed by atoms with Crippen LogP contribution in [0.15, 0.2) is 0 Å². The van der Waals surface area contributed by atoms with Gasteiger partial charge in [0.15, 0.2) is 0 Å². The van der Waals surface area contributed by atoms with Gasteiger partial charge in [-0.15, -0.1) is 11.6 Å². The number of hydrogen-bond acceptors (Lipinski definition) is 2. The van der Waals surface area contributed by atoms with E-state index < -0.39 is 5.06 Å². The van der Waals surface area contributed by atoms with Crippen molar-refractivity contribution in [1.82, 2.24) is 0 Å². The largest absolute Gasteiger partial charge is 0.362 e. The smallest absolute Gasteiger partial charge is 0.240 e. The third kappa shape index (κ3) is 2.69. The molecule has 0 heterocycles. The molecule has 0 radical (unpaired) electrons. The number of nitrogens with zero attached hydrogens (tertiary/aromatic N) is 1. The van der Waals surface area contributed by atoms with Crippen LogP contribution in [0.3, 0.4) is 0 Å². The van der Waals surface area contributed by atoms with Crippen LogP contribution < -0.4 is 0 Å². The second-order valence-electron chi connectivity index (χ2n) is 1.00. The van der Waals surface area contributed by atoms with E-state index in [0.717, 1.165) is 0 Å². The highest BCUT2D eigenvalue weighted by Crippen LogP contribution is 2.09. The highest BCUT2D eigenvalue weighted by Gasteiger charge is 2.19. The molecule has 4 heteroatoms. The number of alkyl halides is 2. The molecule has 0 bridgehead atoms. The lowest BCUT2D eigenvalue weighted by atomic mass is 10.5. The molecule has 1 N–H and O–H groups in total. The fourth-order valence-electron chi connectivity index (χ4n) is 0.0299. The topological polar surface area (TPSA) is 44.0 Å². The zero-order valence-corrected chi connectivity index (χ0v) is 4.87. The summed E-state index contributed by atoms with van der Waals surface area (Å²) in [7, 11) is 0. The Morgan fingerprint density at radius 3 is 2.29 bits per heavy atom. The Bertz CT molecular complexity index is 95.6. The molecule has 0 aromatic carbocycles. The summed E-state index contributed by atoms with van der Waals surface area (Å²) < 4.78 is 0. The van der Waals surface area contributed by atoms with Crippen molar-refractivity contribution in [1.29, 1.82) is 5.26 Å². The van der Waals surface area contributed by atoms with Gasteiger partial charge < -0.3 is 5.11 Å². The maximum atomic E-state index is 8.40. The lowest BCUT2D eigenvalue weighted by Gasteiger charge is -2.02. The fraction of sp³-hybridized carbons (Fsp3) is 0.667. The van der Waals surface area contributed by atoms with Gasteiger partial charge in [-0.2, -0.15) is 5.26 Å². The first-order chi connectivity index (χ1) is 3.12. The number of aliphatic hydroxyl groups is 1. The van der Waals surface area contributed by atoms with Gasteiger partial charge in [-0.3, -0.25) is 0 Å². The molecule has 1 atom stereocenters. The Hall–Kier alpha value is 0.0300. The normalized spacial score (nSPS) is 17.4. The van der Waals surface area contributed by atoms with Crippen LogP contribution >= 0.6 is 23.2 Å². The van der Waals surface area contributed by atoms with E-state index in [2.05, 4.69) is 0 Å². The monoisotopic (exact) mass is 139 g/mol. The Morgan fingerprint density at radius 1 is 1.86 bits per heavy atom. The molecule has 0 saturated carbocycles. The molecule has 0 saturated heterocycles. The van der Waals surface area contributed by atoms with E-state index in [1.54, 1.807) is 0 Å². The third-order valence-electron chi connectivity index (χ3n) is 0.348. The van der Waals surface area contributed by atoms with Gasteiger partial charge in [-0.05, 0) is 0 Å². The van der Waals surface area contributed by atoms with Gasteiger partial charge in [0.1, 0.15) is 6.07 Å². The van der Waals surface area contributed by atoms with Crippen LogP contribution in [0.5, 0.6) is 0 Å². The van der Waals surface area contributed by atoms with Crippen LogP contribution in [0.25, 0.3) is 0 Å². The van der Waals surface area contributed by atoms with Gasteiger partial charge in [0.05, 0.1) is 5.88 Å². The van der Waals surface area contributed by atoms with E-state index in [1.807, 2.05) is 0 Å². The third-order valence-corrected chi connectivity index (χ3v) is 1.09. The molecule has 40 valence electrons. The maximum Gasteiger partial charge on any atom is 0.240 e. The standard InChI is InChI=1S/C3H3Cl2NO/c4-1-3(5,7)2-6/h7H,1H2. The number of rotatable bonds is 1. The Kier molecular flexibility index (Phi) is 2.38. The molecule has 0 aliphatic heterocycles. The Morgan fingerprint density at radius 2 is 2.29 bits per heavy atom. The van der Waals surface area contributed by atoms with Crippen molar-refractivity contribution >= 4 is 23.2 Å². The zero-order valence-electron chi connectivity index (χ0n) is 3.36. The summed E-state index contributed by atoms with van der Waals surface area (Å²) in [5.74, 6) is -0.273. The number of nitriles is 1. The summed E-state index contributed by atoms with van der Waals surface area (Å²) in [4.78, 5) is 0. The molecule has 0 aromatic rings. The summed E-state index contributed by atoms with van der Waals surface area (Å²) >= 11 is 9.96. The number of hydrogen-bond donors (Lipinski definition) is 1. The van der Waals surface area contributed by atoms with Gasteiger partial charge in [0.2, 0.25) is 5.06 Å².